The Morgan fingerprint density at radius 3 is 2.77 bits per heavy atom. The van der Waals surface area contributed by atoms with Gasteiger partial charge in [-0.15, -0.1) is 0 Å². The molecule has 7 nitrogen and oxygen atoms in total. The summed E-state index contributed by atoms with van der Waals surface area (Å²) >= 11 is 6.48. The van der Waals surface area contributed by atoms with Crippen molar-refractivity contribution in [3.63, 3.8) is 0 Å². The summed E-state index contributed by atoms with van der Waals surface area (Å²) in [5.74, 6) is 2.17. The van der Waals surface area contributed by atoms with Crippen LogP contribution in [-0.2, 0) is 4.79 Å². The third kappa shape index (κ3) is 5.75. The van der Waals surface area contributed by atoms with Crippen LogP contribution in [-0.4, -0.2) is 27.4 Å². The summed E-state index contributed by atoms with van der Waals surface area (Å²) in [5, 5.41) is 7.60. The summed E-state index contributed by atoms with van der Waals surface area (Å²) in [6.45, 7) is 2.43. The molecule has 0 bridgehead atoms. The van der Waals surface area contributed by atoms with Gasteiger partial charge in [-0.25, -0.2) is 9.97 Å². The van der Waals surface area contributed by atoms with Gasteiger partial charge in [0.2, 0.25) is 5.91 Å². The number of amides is 1. The molecule has 4 aromatic rings. The van der Waals surface area contributed by atoms with Crippen LogP contribution in [0.2, 0.25) is 5.02 Å². The Hall–Kier alpha value is -3.97. The van der Waals surface area contributed by atoms with Crippen molar-refractivity contribution in [2.45, 2.75) is 19.8 Å². The van der Waals surface area contributed by atoms with Gasteiger partial charge in [0.25, 0.3) is 0 Å². The predicted octanol–water partition coefficient (Wildman–Crippen LogP) is 6.06. The van der Waals surface area contributed by atoms with Crippen LogP contribution in [0.3, 0.4) is 0 Å². The molecule has 0 spiro atoms. The van der Waals surface area contributed by atoms with Crippen molar-refractivity contribution in [2.75, 3.05) is 11.9 Å². The van der Waals surface area contributed by atoms with Crippen molar-refractivity contribution in [1.29, 1.82) is 0 Å². The number of aromatic nitrogens is 3. The van der Waals surface area contributed by atoms with Crippen molar-refractivity contribution >= 4 is 46.0 Å². The number of rotatable bonds is 8. The van der Waals surface area contributed by atoms with E-state index in [0.717, 1.165) is 40.7 Å². The second-order valence-corrected chi connectivity index (χ2v) is 8.84. The van der Waals surface area contributed by atoms with Crippen molar-refractivity contribution in [3.05, 3.63) is 83.4 Å². The Balaban J connectivity index is 1.30. The first-order chi connectivity index (χ1) is 17.0. The fourth-order valence-electron chi connectivity index (χ4n) is 3.56. The van der Waals surface area contributed by atoms with E-state index in [0.29, 0.717) is 28.9 Å². The number of pyridine rings is 1. The van der Waals surface area contributed by atoms with Crippen molar-refractivity contribution in [1.82, 2.24) is 20.3 Å². The molecule has 0 atom stereocenters. The molecule has 1 aliphatic carbocycles. The molecule has 0 unspecified atom stereocenters. The summed E-state index contributed by atoms with van der Waals surface area (Å²) in [7, 11) is 0. The average molecular weight is 486 g/mol. The molecule has 1 amide bonds. The molecule has 2 heterocycles. The Morgan fingerprint density at radius 1 is 1.11 bits per heavy atom. The van der Waals surface area contributed by atoms with Gasteiger partial charge in [-0.05, 0) is 67.8 Å². The molecule has 0 aliphatic heterocycles. The van der Waals surface area contributed by atoms with Gasteiger partial charge >= 0.3 is 0 Å². The number of carbonyl (C=O) groups excluding carboxylic acids is 1. The summed E-state index contributed by atoms with van der Waals surface area (Å²) in [4.78, 5) is 24.8. The zero-order valence-corrected chi connectivity index (χ0v) is 19.9. The minimum absolute atomic E-state index is 0.138. The summed E-state index contributed by atoms with van der Waals surface area (Å²) in [5.41, 5.74) is 3.50. The molecule has 8 heteroatoms. The number of nitrogens with zero attached hydrogens (tertiary/aromatic N) is 3. The lowest BCUT2D eigenvalue weighted by atomic mass is 10.1. The first kappa shape index (κ1) is 22.8. The quantitative estimate of drug-likeness (QED) is 0.315. The van der Waals surface area contributed by atoms with E-state index in [9.17, 15) is 4.79 Å². The SMILES string of the molecule is Cc1ccc(Oc2ccc(Nc3ncnc4ccc(/C=C/CNC(=O)C5CC5)cc34)cc2Cl)cn1. The molecule has 176 valence electrons. The zero-order chi connectivity index (χ0) is 24.2. The van der Waals surface area contributed by atoms with Crippen LogP contribution in [0, 0.1) is 12.8 Å². The number of aryl methyl sites for hydroxylation is 1. The normalized spacial score (nSPS) is 13.2. The maximum absolute atomic E-state index is 11.8. The van der Waals surface area contributed by atoms with E-state index in [1.54, 1.807) is 18.3 Å². The van der Waals surface area contributed by atoms with Gasteiger partial charge in [0, 0.05) is 29.2 Å². The van der Waals surface area contributed by atoms with E-state index in [-0.39, 0.29) is 11.8 Å². The fourth-order valence-corrected chi connectivity index (χ4v) is 3.78. The third-order valence-corrected chi connectivity index (χ3v) is 5.91. The lowest BCUT2D eigenvalue weighted by Gasteiger charge is -2.12. The molecule has 1 fully saturated rings. The van der Waals surface area contributed by atoms with Gasteiger partial charge in [-0.2, -0.15) is 0 Å². The third-order valence-electron chi connectivity index (χ3n) is 5.62. The van der Waals surface area contributed by atoms with E-state index in [4.69, 9.17) is 16.3 Å². The molecule has 2 aromatic heterocycles. The number of fused-ring (bicyclic) bond motifs is 1. The first-order valence-corrected chi connectivity index (χ1v) is 11.8. The predicted molar refractivity (Wildman–Crippen MR) is 138 cm³/mol. The van der Waals surface area contributed by atoms with Gasteiger partial charge in [-0.3, -0.25) is 9.78 Å². The molecule has 0 saturated heterocycles. The average Bonchev–Trinajstić information content (AvgIpc) is 3.71. The van der Waals surface area contributed by atoms with Gasteiger partial charge < -0.3 is 15.4 Å². The van der Waals surface area contributed by atoms with Crippen molar-refractivity contribution < 1.29 is 9.53 Å². The molecule has 1 saturated carbocycles. The van der Waals surface area contributed by atoms with Crippen LogP contribution in [0.5, 0.6) is 11.5 Å². The van der Waals surface area contributed by atoms with Crippen LogP contribution in [0.25, 0.3) is 17.0 Å². The molecular formula is C27H24ClN5O2. The number of hydrogen-bond acceptors (Lipinski definition) is 6. The molecule has 0 radical (unpaired) electrons. The Labute approximate surface area is 208 Å². The Morgan fingerprint density at radius 2 is 2.00 bits per heavy atom. The first-order valence-electron chi connectivity index (χ1n) is 11.4. The van der Waals surface area contributed by atoms with E-state index >= 15 is 0 Å². The van der Waals surface area contributed by atoms with Gasteiger partial charge in [0.05, 0.1) is 16.7 Å². The standard InChI is InChI=1S/C27H24ClN5O2/c1-17-4-9-21(15-30-17)35-25-11-8-20(14-23(25)28)33-26-22-13-18(5-10-24(22)31-16-32-26)3-2-12-29-27(34)19-6-7-19/h2-5,8-11,13-16,19H,6-7,12H2,1H3,(H,29,34)(H,31,32,33)/b3-2+. The molecule has 35 heavy (non-hydrogen) atoms. The lowest BCUT2D eigenvalue weighted by molar-refractivity contribution is -0.122. The Kier molecular flexibility index (Phi) is 6.59. The van der Waals surface area contributed by atoms with Gasteiger partial charge in [0.1, 0.15) is 23.6 Å². The number of ether oxygens (including phenoxy) is 1. The number of hydrogen-bond donors (Lipinski definition) is 2. The summed E-state index contributed by atoms with van der Waals surface area (Å²) in [6, 6.07) is 15.2. The van der Waals surface area contributed by atoms with E-state index in [1.807, 2.05) is 55.5 Å². The van der Waals surface area contributed by atoms with Crippen LogP contribution in [0.1, 0.15) is 24.1 Å². The van der Waals surface area contributed by atoms with Crippen LogP contribution >= 0.6 is 11.6 Å². The molecular weight excluding hydrogens is 462 g/mol. The monoisotopic (exact) mass is 485 g/mol. The fraction of sp³-hybridized carbons (Fsp3) is 0.185. The molecule has 2 N–H and O–H groups in total. The maximum Gasteiger partial charge on any atom is 0.223 e. The second-order valence-electron chi connectivity index (χ2n) is 8.43. The van der Waals surface area contributed by atoms with E-state index in [2.05, 4.69) is 25.6 Å². The van der Waals surface area contributed by atoms with Crippen LogP contribution in [0.15, 0.2) is 67.1 Å². The second kappa shape index (κ2) is 10.1. The number of halogens is 1. The Bertz CT molecular complexity index is 1400. The molecule has 5 rings (SSSR count). The highest BCUT2D eigenvalue weighted by atomic mass is 35.5. The van der Waals surface area contributed by atoms with Gasteiger partial charge in [-0.1, -0.05) is 29.8 Å². The smallest absolute Gasteiger partial charge is 0.223 e. The number of carbonyl (C=O) groups is 1. The molecule has 2 aromatic carbocycles. The summed E-state index contributed by atoms with van der Waals surface area (Å²) in [6.07, 6.45) is 9.12. The highest BCUT2D eigenvalue weighted by molar-refractivity contribution is 6.32. The molecule has 1 aliphatic rings. The number of benzene rings is 2. The number of anilines is 2. The highest BCUT2D eigenvalue weighted by Crippen LogP contribution is 2.33. The number of nitrogens with one attached hydrogen (secondary N) is 2. The van der Waals surface area contributed by atoms with E-state index in [1.165, 1.54) is 6.33 Å². The lowest BCUT2D eigenvalue weighted by Crippen LogP contribution is -2.24. The topological polar surface area (TPSA) is 89.0 Å². The van der Waals surface area contributed by atoms with Gasteiger partial charge in [0.15, 0.2) is 0 Å². The van der Waals surface area contributed by atoms with E-state index < -0.39 is 0 Å². The minimum atomic E-state index is 0.138. The minimum Gasteiger partial charge on any atom is -0.454 e. The zero-order valence-electron chi connectivity index (χ0n) is 19.2. The highest BCUT2D eigenvalue weighted by Gasteiger charge is 2.28. The largest absolute Gasteiger partial charge is 0.454 e. The summed E-state index contributed by atoms with van der Waals surface area (Å²) < 4.78 is 5.85. The van der Waals surface area contributed by atoms with Crippen LogP contribution in [0.4, 0.5) is 11.5 Å². The van der Waals surface area contributed by atoms with Crippen molar-refractivity contribution in [2.24, 2.45) is 5.92 Å². The van der Waals surface area contributed by atoms with Crippen molar-refractivity contribution in [3.8, 4) is 11.5 Å². The maximum atomic E-state index is 11.8. The van der Waals surface area contributed by atoms with Crippen LogP contribution < -0.4 is 15.4 Å².